The molecule has 5 nitrogen and oxygen atoms in total. The van der Waals surface area contributed by atoms with E-state index in [4.69, 9.17) is 0 Å². The SMILES string of the molecule is CC(=O)Nc1cccc(NS(=O)(=O)c2ccc(C)cc2Br)c1. The van der Waals surface area contributed by atoms with Crippen molar-refractivity contribution in [1.29, 1.82) is 0 Å². The number of aryl methyl sites for hydroxylation is 1. The van der Waals surface area contributed by atoms with Crippen LogP contribution in [0.1, 0.15) is 12.5 Å². The molecule has 0 aliphatic carbocycles. The van der Waals surface area contributed by atoms with Crippen LogP contribution in [0.4, 0.5) is 11.4 Å². The van der Waals surface area contributed by atoms with E-state index in [1.807, 2.05) is 6.92 Å². The summed E-state index contributed by atoms with van der Waals surface area (Å²) >= 11 is 3.27. The van der Waals surface area contributed by atoms with Gasteiger partial charge in [-0.05, 0) is 58.7 Å². The molecule has 0 saturated heterocycles. The summed E-state index contributed by atoms with van der Waals surface area (Å²) in [4.78, 5) is 11.2. The van der Waals surface area contributed by atoms with E-state index in [-0.39, 0.29) is 10.8 Å². The number of amides is 1. The van der Waals surface area contributed by atoms with Crippen molar-refractivity contribution in [2.24, 2.45) is 0 Å². The normalized spacial score (nSPS) is 11.0. The van der Waals surface area contributed by atoms with Gasteiger partial charge in [-0.2, -0.15) is 0 Å². The van der Waals surface area contributed by atoms with E-state index < -0.39 is 10.0 Å². The fourth-order valence-electron chi connectivity index (χ4n) is 1.90. The summed E-state index contributed by atoms with van der Waals surface area (Å²) < 4.78 is 27.9. The summed E-state index contributed by atoms with van der Waals surface area (Å²) in [5.41, 5.74) is 1.85. The van der Waals surface area contributed by atoms with E-state index in [1.165, 1.54) is 6.92 Å². The van der Waals surface area contributed by atoms with E-state index in [9.17, 15) is 13.2 Å². The molecule has 2 N–H and O–H groups in total. The topological polar surface area (TPSA) is 75.3 Å². The number of carbonyl (C=O) groups excluding carboxylic acids is 1. The molecule has 0 fully saturated rings. The molecule has 0 radical (unpaired) electrons. The molecule has 7 heteroatoms. The number of benzene rings is 2. The fourth-order valence-corrected chi connectivity index (χ4v) is 4.14. The molecule has 2 aromatic carbocycles. The van der Waals surface area contributed by atoms with Crippen LogP contribution in [0.3, 0.4) is 0 Å². The highest BCUT2D eigenvalue weighted by atomic mass is 79.9. The average molecular weight is 383 g/mol. The summed E-state index contributed by atoms with van der Waals surface area (Å²) in [5.74, 6) is -0.221. The molecular weight excluding hydrogens is 368 g/mol. The Balaban J connectivity index is 2.30. The Hall–Kier alpha value is -1.86. The Bertz CT molecular complexity index is 819. The van der Waals surface area contributed by atoms with Gasteiger partial charge in [-0.1, -0.05) is 12.1 Å². The van der Waals surface area contributed by atoms with Crippen molar-refractivity contribution >= 4 is 43.2 Å². The minimum Gasteiger partial charge on any atom is -0.326 e. The van der Waals surface area contributed by atoms with Gasteiger partial charge in [0.1, 0.15) is 4.90 Å². The second-order valence-electron chi connectivity index (χ2n) is 4.80. The zero-order valence-corrected chi connectivity index (χ0v) is 14.5. The molecule has 0 aliphatic rings. The highest BCUT2D eigenvalue weighted by Crippen LogP contribution is 2.26. The zero-order valence-electron chi connectivity index (χ0n) is 12.1. The highest BCUT2D eigenvalue weighted by molar-refractivity contribution is 9.10. The van der Waals surface area contributed by atoms with Crippen molar-refractivity contribution in [3.8, 4) is 0 Å². The van der Waals surface area contributed by atoms with E-state index >= 15 is 0 Å². The number of anilines is 2. The molecule has 0 spiro atoms. The molecule has 0 bridgehead atoms. The molecule has 2 aromatic rings. The molecule has 1 amide bonds. The first-order chi connectivity index (χ1) is 10.3. The van der Waals surface area contributed by atoms with Gasteiger partial charge in [-0.15, -0.1) is 0 Å². The third kappa shape index (κ3) is 4.08. The number of halogens is 1. The van der Waals surface area contributed by atoms with Crippen molar-refractivity contribution in [2.75, 3.05) is 10.0 Å². The van der Waals surface area contributed by atoms with Gasteiger partial charge in [0.25, 0.3) is 10.0 Å². The summed E-state index contributed by atoms with van der Waals surface area (Å²) in [6.07, 6.45) is 0. The van der Waals surface area contributed by atoms with Gasteiger partial charge < -0.3 is 5.32 Å². The lowest BCUT2D eigenvalue weighted by molar-refractivity contribution is -0.114. The fraction of sp³-hybridized carbons (Fsp3) is 0.133. The summed E-state index contributed by atoms with van der Waals surface area (Å²) in [7, 11) is -3.72. The van der Waals surface area contributed by atoms with Gasteiger partial charge in [0.2, 0.25) is 5.91 Å². The predicted molar refractivity (Wildman–Crippen MR) is 90.4 cm³/mol. The van der Waals surface area contributed by atoms with Crippen LogP contribution in [0.15, 0.2) is 51.8 Å². The molecule has 0 unspecified atom stereocenters. The summed E-state index contributed by atoms with van der Waals surface area (Å²) in [5, 5.41) is 2.61. The maximum atomic E-state index is 12.4. The van der Waals surface area contributed by atoms with Crippen molar-refractivity contribution in [2.45, 2.75) is 18.7 Å². The minimum atomic E-state index is -3.72. The molecule has 0 saturated carbocycles. The quantitative estimate of drug-likeness (QED) is 0.849. The van der Waals surface area contributed by atoms with Crippen molar-refractivity contribution in [3.05, 3.63) is 52.5 Å². The van der Waals surface area contributed by atoms with E-state index in [0.717, 1.165) is 5.56 Å². The lowest BCUT2D eigenvalue weighted by Crippen LogP contribution is -2.14. The van der Waals surface area contributed by atoms with E-state index in [1.54, 1.807) is 42.5 Å². The van der Waals surface area contributed by atoms with Crippen LogP contribution in [-0.2, 0) is 14.8 Å². The Kier molecular flexibility index (Phi) is 4.87. The molecule has 116 valence electrons. The zero-order chi connectivity index (χ0) is 16.3. The molecule has 0 aromatic heterocycles. The van der Waals surface area contributed by atoms with Crippen LogP contribution in [-0.4, -0.2) is 14.3 Å². The second-order valence-corrected chi connectivity index (χ2v) is 7.31. The Morgan fingerprint density at radius 1 is 1.09 bits per heavy atom. The average Bonchev–Trinajstić information content (AvgIpc) is 2.36. The molecule has 22 heavy (non-hydrogen) atoms. The first-order valence-corrected chi connectivity index (χ1v) is 8.72. The van der Waals surface area contributed by atoms with Crippen LogP contribution in [0.5, 0.6) is 0 Å². The second kappa shape index (κ2) is 6.50. The largest absolute Gasteiger partial charge is 0.326 e. The standard InChI is InChI=1S/C15H15BrN2O3S/c1-10-6-7-15(14(16)8-10)22(20,21)18-13-5-3-4-12(9-13)17-11(2)19/h3-9,18H,1-2H3,(H,17,19). The maximum Gasteiger partial charge on any atom is 0.263 e. The summed E-state index contributed by atoms with van der Waals surface area (Å²) in [6.45, 7) is 3.27. The maximum absolute atomic E-state index is 12.4. The van der Waals surface area contributed by atoms with Crippen molar-refractivity contribution < 1.29 is 13.2 Å². The van der Waals surface area contributed by atoms with Crippen LogP contribution in [0.2, 0.25) is 0 Å². The molecular formula is C15H15BrN2O3S. The molecule has 0 atom stereocenters. The smallest absolute Gasteiger partial charge is 0.263 e. The van der Waals surface area contributed by atoms with Gasteiger partial charge in [-0.25, -0.2) is 8.42 Å². The van der Waals surface area contributed by atoms with Crippen LogP contribution < -0.4 is 10.0 Å². The van der Waals surface area contributed by atoms with Gasteiger partial charge >= 0.3 is 0 Å². The molecule has 2 rings (SSSR count). The lowest BCUT2D eigenvalue weighted by atomic mass is 10.2. The van der Waals surface area contributed by atoms with Gasteiger partial charge in [0.05, 0.1) is 5.69 Å². The van der Waals surface area contributed by atoms with Gasteiger partial charge in [0.15, 0.2) is 0 Å². The number of hydrogen-bond acceptors (Lipinski definition) is 3. The molecule has 0 aliphatic heterocycles. The number of nitrogens with one attached hydrogen (secondary N) is 2. The lowest BCUT2D eigenvalue weighted by Gasteiger charge is -2.11. The Morgan fingerprint density at radius 3 is 2.41 bits per heavy atom. The number of carbonyl (C=O) groups is 1. The first kappa shape index (κ1) is 16.5. The molecule has 0 heterocycles. The Labute approximate surface area is 137 Å². The van der Waals surface area contributed by atoms with Crippen LogP contribution in [0.25, 0.3) is 0 Å². The van der Waals surface area contributed by atoms with E-state index in [0.29, 0.717) is 15.8 Å². The third-order valence-electron chi connectivity index (χ3n) is 2.81. The first-order valence-electron chi connectivity index (χ1n) is 6.44. The van der Waals surface area contributed by atoms with E-state index in [2.05, 4.69) is 26.0 Å². The van der Waals surface area contributed by atoms with Crippen LogP contribution in [0, 0.1) is 6.92 Å². The number of hydrogen-bond donors (Lipinski definition) is 2. The number of rotatable bonds is 4. The van der Waals surface area contributed by atoms with Crippen molar-refractivity contribution in [1.82, 2.24) is 0 Å². The van der Waals surface area contributed by atoms with Gasteiger partial charge in [-0.3, -0.25) is 9.52 Å². The monoisotopic (exact) mass is 382 g/mol. The summed E-state index contributed by atoms with van der Waals surface area (Å²) in [6, 6.07) is 11.5. The van der Waals surface area contributed by atoms with Crippen molar-refractivity contribution in [3.63, 3.8) is 0 Å². The Morgan fingerprint density at radius 2 is 1.77 bits per heavy atom. The van der Waals surface area contributed by atoms with Crippen LogP contribution >= 0.6 is 15.9 Å². The predicted octanol–water partition coefficient (Wildman–Crippen LogP) is 3.52. The number of sulfonamides is 1. The van der Waals surface area contributed by atoms with Gasteiger partial charge in [0, 0.05) is 17.1 Å². The minimum absolute atomic E-state index is 0.156. The third-order valence-corrected chi connectivity index (χ3v) is 5.17. The highest BCUT2D eigenvalue weighted by Gasteiger charge is 2.17.